The van der Waals surface area contributed by atoms with Crippen molar-refractivity contribution in [3.05, 3.63) is 0 Å². The van der Waals surface area contributed by atoms with E-state index in [1.54, 1.807) is 13.8 Å². The molecule has 0 radical (unpaired) electrons. The van der Waals surface area contributed by atoms with Gasteiger partial charge in [-0.2, -0.15) is 5.26 Å². The number of amides is 2. The zero-order valence-corrected chi connectivity index (χ0v) is 10.4. The van der Waals surface area contributed by atoms with Crippen molar-refractivity contribution in [1.29, 1.82) is 5.26 Å². The molecule has 0 spiro atoms. The quantitative estimate of drug-likeness (QED) is 0.784. The average molecular weight is 237 g/mol. The van der Waals surface area contributed by atoms with Gasteiger partial charge in [0.2, 0.25) is 11.8 Å². The molecule has 5 heteroatoms. The first-order chi connectivity index (χ1) is 7.88. The zero-order valence-electron chi connectivity index (χ0n) is 10.4. The van der Waals surface area contributed by atoms with Gasteiger partial charge in [-0.15, -0.1) is 0 Å². The molecule has 1 aliphatic carbocycles. The molecule has 0 unspecified atom stereocenters. The summed E-state index contributed by atoms with van der Waals surface area (Å²) >= 11 is 0. The van der Waals surface area contributed by atoms with Crippen molar-refractivity contribution in [2.75, 3.05) is 6.54 Å². The minimum absolute atomic E-state index is 0.0580. The number of hydrogen-bond donors (Lipinski definition) is 1. The molecule has 1 fully saturated rings. The zero-order chi connectivity index (χ0) is 13.1. The van der Waals surface area contributed by atoms with Crippen molar-refractivity contribution >= 4 is 11.8 Å². The third-order valence-electron chi connectivity index (χ3n) is 3.17. The van der Waals surface area contributed by atoms with Gasteiger partial charge in [0, 0.05) is 6.04 Å². The van der Waals surface area contributed by atoms with E-state index in [0.717, 1.165) is 25.7 Å². The van der Waals surface area contributed by atoms with E-state index in [4.69, 9.17) is 11.0 Å². The summed E-state index contributed by atoms with van der Waals surface area (Å²) in [6.07, 6.45) is 3.89. The van der Waals surface area contributed by atoms with Crippen LogP contribution in [0.3, 0.4) is 0 Å². The number of hydrogen-bond acceptors (Lipinski definition) is 3. The summed E-state index contributed by atoms with van der Waals surface area (Å²) < 4.78 is 0. The molecule has 0 bridgehead atoms. The maximum atomic E-state index is 12.2. The van der Waals surface area contributed by atoms with Crippen molar-refractivity contribution in [2.24, 2.45) is 11.1 Å². The second-order valence-corrected chi connectivity index (χ2v) is 5.07. The summed E-state index contributed by atoms with van der Waals surface area (Å²) in [6.45, 7) is 3.05. The fourth-order valence-electron chi connectivity index (χ4n) is 2.16. The SMILES string of the molecule is CC(C)(C#N)C(=O)N(CC(N)=O)C1CCCC1. The summed E-state index contributed by atoms with van der Waals surface area (Å²) in [5, 5.41) is 8.98. The molecule has 0 heterocycles. The van der Waals surface area contributed by atoms with Crippen LogP contribution in [0.5, 0.6) is 0 Å². The van der Waals surface area contributed by atoms with Crippen LogP contribution in [0.15, 0.2) is 0 Å². The first kappa shape index (κ1) is 13.5. The molecule has 17 heavy (non-hydrogen) atoms. The van der Waals surface area contributed by atoms with Gasteiger partial charge in [-0.25, -0.2) is 0 Å². The number of nitriles is 1. The Hall–Kier alpha value is -1.57. The minimum atomic E-state index is -1.10. The average Bonchev–Trinajstić information content (AvgIpc) is 2.77. The molecular weight excluding hydrogens is 218 g/mol. The molecule has 5 nitrogen and oxygen atoms in total. The lowest BCUT2D eigenvalue weighted by molar-refractivity contribution is -0.142. The van der Waals surface area contributed by atoms with Gasteiger partial charge < -0.3 is 10.6 Å². The Morgan fingerprint density at radius 1 is 1.41 bits per heavy atom. The van der Waals surface area contributed by atoms with E-state index in [9.17, 15) is 9.59 Å². The Morgan fingerprint density at radius 2 is 1.94 bits per heavy atom. The van der Waals surface area contributed by atoms with Gasteiger partial charge in [0.1, 0.15) is 5.41 Å². The maximum absolute atomic E-state index is 12.2. The molecule has 1 saturated carbocycles. The summed E-state index contributed by atoms with van der Waals surface area (Å²) in [6, 6.07) is 2.03. The van der Waals surface area contributed by atoms with E-state index in [1.807, 2.05) is 6.07 Å². The van der Waals surface area contributed by atoms with Gasteiger partial charge >= 0.3 is 0 Å². The van der Waals surface area contributed by atoms with Gasteiger partial charge in [0.25, 0.3) is 0 Å². The molecule has 0 aliphatic heterocycles. The molecule has 0 atom stereocenters. The van der Waals surface area contributed by atoms with Gasteiger partial charge in [0.05, 0.1) is 12.6 Å². The highest BCUT2D eigenvalue weighted by Gasteiger charge is 2.37. The topological polar surface area (TPSA) is 87.2 Å². The molecule has 2 N–H and O–H groups in total. The molecular formula is C12H19N3O2. The van der Waals surface area contributed by atoms with Crippen LogP contribution in [0, 0.1) is 16.7 Å². The second-order valence-electron chi connectivity index (χ2n) is 5.07. The molecule has 0 aromatic heterocycles. The molecule has 94 valence electrons. The van der Waals surface area contributed by atoms with Gasteiger partial charge in [-0.3, -0.25) is 9.59 Å². The van der Waals surface area contributed by atoms with Crippen molar-refractivity contribution < 1.29 is 9.59 Å². The highest BCUT2D eigenvalue weighted by atomic mass is 16.2. The lowest BCUT2D eigenvalue weighted by Gasteiger charge is -2.32. The molecule has 0 aromatic carbocycles. The lowest BCUT2D eigenvalue weighted by Crippen LogP contribution is -2.49. The molecule has 2 amide bonds. The van der Waals surface area contributed by atoms with E-state index in [1.165, 1.54) is 4.90 Å². The van der Waals surface area contributed by atoms with Crippen LogP contribution >= 0.6 is 0 Å². The number of nitrogens with two attached hydrogens (primary N) is 1. The van der Waals surface area contributed by atoms with Crippen LogP contribution < -0.4 is 5.73 Å². The Morgan fingerprint density at radius 3 is 2.35 bits per heavy atom. The standard InChI is InChI=1S/C12H19N3O2/c1-12(2,8-13)11(17)15(7-10(14)16)9-5-3-4-6-9/h9H,3-7H2,1-2H3,(H2,14,16). The number of rotatable bonds is 4. The highest BCUT2D eigenvalue weighted by molar-refractivity contribution is 5.89. The third-order valence-corrected chi connectivity index (χ3v) is 3.17. The number of nitrogens with zero attached hydrogens (tertiary/aromatic N) is 2. The van der Waals surface area contributed by atoms with E-state index >= 15 is 0 Å². The first-order valence-corrected chi connectivity index (χ1v) is 5.89. The summed E-state index contributed by atoms with van der Waals surface area (Å²) in [5.41, 5.74) is 4.07. The smallest absolute Gasteiger partial charge is 0.243 e. The second kappa shape index (κ2) is 5.17. The number of carbonyl (C=O) groups excluding carboxylic acids is 2. The summed E-state index contributed by atoms with van der Waals surface area (Å²) in [4.78, 5) is 24.7. The Labute approximate surface area is 102 Å². The van der Waals surface area contributed by atoms with Crippen molar-refractivity contribution in [1.82, 2.24) is 4.90 Å². The lowest BCUT2D eigenvalue weighted by atomic mass is 9.92. The van der Waals surface area contributed by atoms with Crippen LogP contribution in [0.25, 0.3) is 0 Å². The molecule has 1 rings (SSSR count). The fourth-order valence-corrected chi connectivity index (χ4v) is 2.16. The first-order valence-electron chi connectivity index (χ1n) is 5.89. The van der Waals surface area contributed by atoms with Gasteiger partial charge in [0.15, 0.2) is 0 Å². The summed E-state index contributed by atoms with van der Waals surface area (Å²) in [5.74, 6) is -0.829. The Balaban J connectivity index is 2.86. The monoisotopic (exact) mass is 237 g/mol. The summed E-state index contributed by atoms with van der Waals surface area (Å²) in [7, 11) is 0. The van der Waals surface area contributed by atoms with Gasteiger partial charge in [-0.05, 0) is 26.7 Å². The van der Waals surface area contributed by atoms with E-state index in [0.29, 0.717) is 0 Å². The van der Waals surface area contributed by atoms with E-state index in [2.05, 4.69) is 0 Å². The normalized spacial score (nSPS) is 16.5. The molecule has 0 aromatic rings. The van der Waals surface area contributed by atoms with Crippen LogP contribution in [-0.2, 0) is 9.59 Å². The van der Waals surface area contributed by atoms with Crippen molar-refractivity contribution in [3.8, 4) is 6.07 Å². The number of primary amides is 1. The Kier molecular flexibility index (Phi) is 4.11. The van der Waals surface area contributed by atoms with Crippen LogP contribution in [-0.4, -0.2) is 29.3 Å². The fraction of sp³-hybridized carbons (Fsp3) is 0.750. The maximum Gasteiger partial charge on any atom is 0.243 e. The van der Waals surface area contributed by atoms with Crippen LogP contribution in [0.1, 0.15) is 39.5 Å². The van der Waals surface area contributed by atoms with E-state index in [-0.39, 0.29) is 18.5 Å². The van der Waals surface area contributed by atoms with Crippen LogP contribution in [0.4, 0.5) is 0 Å². The molecule has 0 saturated heterocycles. The predicted molar refractivity (Wildman–Crippen MR) is 62.6 cm³/mol. The minimum Gasteiger partial charge on any atom is -0.368 e. The van der Waals surface area contributed by atoms with E-state index < -0.39 is 11.3 Å². The van der Waals surface area contributed by atoms with Crippen LogP contribution in [0.2, 0.25) is 0 Å². The molecule has 1 aliphatic rings. The largest absolute Gasteiger partial charge is 0.368 e. The van der Waals surface area contributed by atoms with Crippen molar-refractivity contribution in [2.45, 2.75) is 45.6 Å². The number of carbonyl (C=O) groups is 2. The predicted octanol–water partition coefficient (Wildman–Crippen LogP) is 0.793. The van der Waals surface area contributed by atoms with Crippen molar-refractivity contribution in [3.63, 3.8) is 0 Å². The van der Waals surface area contributed by atoms with Gasteiger partial charge in [-0.1, -0.05) is 12.8 Å². The third kappa shape index (κ3) is 3.19. The highest BCUT2D eigenvalue weighted by Crippen LogP contribution is 2.27. The Bertz CT molecular complexity index is 351.